The van der Waals surface area contributed by atoms with Crippen molar-refractivity contribution in [2.24, 2.45) is 0 Å². The normalized spacial score (nSPS) is 11.6. The molecule has 16 rings (SSSR count). The van der Waals surface area contributed by atoms with Crippen molar-refractivity contribution in [1.29, 1.82) is 0 Å². The molecular weight excluding hydrogens is 1020 g/mol. The molecule has 4 heteroatoms. The summed E-state index contributed by atoms with van der Waals surface area (Å²) in [7, 11) is 0. The Balaban J connectivity index is 0.753. The fourth-order valence-corrected chi connectivity index (χ4v) is 12.5. The van der Waals surface area contributed by atoms with Crippen LogP contribution in [0.25, 0.3) is 155 Å². The maximum atomic E-state index is 5.34. The quantitative estimate of drug-likeness (QED) is 0.137. The summed E-state index contributed by atoms with van der Waals surface area (Å²) >= 11 is 0. The Bertz CT molecular complexity index is 4810. The molecule has 0 spiro atoms. The number of benzene rings is 13. The zero-order valence-electron chi connectivity index (χ0n) is 45.8. The summed E-state index contributed by atoms with van der Waals surface area (Å²) in [6.45, 7) is 0. The van der Waals surface area contributed by atoms with E-state index in [0.717, 1.165) is 67.2 Å². The van der Waals surface area contributed by atoms with Crippen molar-refractivity contribution >= 4 is 54.6 Å². The van der Waals surface area contributed by atoms with Crippen LogP contribution in [0.1, 0.15) is 0 Å². The van der Waals surface area contributed by atoms with Gasteiger partial charge in [0, 0.05) is 44.0 Å². The molecule has 0 bridgehead atoms. The van der Waals surface area contributed by atoms with Crippen LogP contribution in [0.3, 0.4) is 0 Å². The topological polar surface area (TPSA) is 35.6 Å². The van der Waals surface area contributed by atoms with E-state index in [1.165, 1.54) is 88.1 Å². The first kappa shape index (κ1) is 48.7. The van der Waals surface area contributed by atoms with E-state index in [2.05, 4.69) is 312 Å². The van der Waals surface area contributed by atoms with Crippen LogP contribution in [0, 0.1) is 0 Å². The minimum absolute atomic E-state index is 0.846. The Morgan fingerprint density at radius 3 is 0.762 bits per heavy atom. The summed E-state index contributed by atoms with van der Waals surface area (Å²) in [4.78, 5) is 10.7. The van der Waals surface area contributed by atoms with E-state index in [0.29, 0.717) is 0 Å². The summed E-state index contributed by atoms with van der Waals surface area (Å²) in [6, 6.07) is 114. The molecule has 3 aromatic heterocycles. The largest absolute Gasteiger partial charge is 0.309 e. The predicted molar refractivity (Wildman–Crippen MR) is 352 cm³/mol. The molecule has 3 heterocycles. The SMILES string of the molecule is c1ccc(-c2cccc(-c3ccc4c(c3)c3cc(-c5ccc(-c6nc7ccccc7nc6-c6ccc(-c7ccc8c(c7)c7cc(-c9cccc(-c%10ccccc%10)c9)ccc7n8-c7ccccc7)cc6)cc5)ccc3n4-c3ccccc3)c2)cc1. The molecule has 0 aliphatic carbocycles. The third-order valence-corrected chi connectivity index (χ3v) is 16.7. The highest BCUT2D eigenvalue weighted by molar-refractivity contribution is 6.13. The lowest BCUT2D eigenvalue weighted by atomic mass is 9.96. The van der Waals surface area contributed by atoms with Crippen molar-refractivity contribution in [1.82, 2.24) is 19.1 Å². The molecule has 0 aliphatic heterocycles. The fourth-order valence-electron chi connectivity index (χ4n) is 12.5. The lowest BCUT2D eigenvalue weighted by molar-refractivity contribution is 1.18. The molecule has 84 heavy (non-hydrogen) atoms. The number of aromatic nitrogens is 4. The van der Waals surface area contributed by atoms with Crippen LogP contribution >= 0.6 is 0 Å². The maximum absolute atomic E-state index is 5.34. The molecule has 392 valence electrons. The second-order valence-corrected chi connectivity index (χ2v) is 21.7. The molecule has 0 saturated carbocycles. The number of nitrogens with zero attached hydrogens (tertiary/aromatic N) is 4. The van der Waals surface area contributed by atoms with Crippen molar-refractivity contribution in [3.63, 3.8) is 0 Å². The number of hydrogen-bond donors (Lipinski definition) is 0. The van der Waals surface area contributed by atoms with Crippen LogP contribution in [0.5, 0.6) is 0 Å². The van der Waals surface area contributed by atoms with Crippen LogP contribution in [0.15, 0.2) is 315 Å². The van der Waals surface area contributed by atoms with Gasteiger partial charge in [0.05, 0.1) is 44.5 Å². The van der Waals surface area contributed by atoms with Crippen molar-refractivity contribution in [3.05, 3.63) is 315 Å². The summed E-state index contributed by atoms with van der Waals surface area (Å²) < 4.78 is 4.78. The van der Waals surface area contributed by atoms with E-state index < -0.39 is 0 Å². The average molecular weight is 1070 g/mol. The van der Waals surface area contributed by atoms with Gasteiger partial charge in [0.25, 0.3) is 0 Å². The second-order valence-electron chi connectivity index (χ2n) is 21.7. The molecule has 0 N–H and O–H groups in total. The number of rotatable bonds is 10. The average Bonchev–Trinajstić information content (AvgIpc) is 2.71. The van der Waals surface area contributed by atoms with Gasteiger partial charge in [-0.25, -0.2) is 9.97 Å². The van der Waals surface area contributed by atoms with Crippen molar-refractivity contribution in [2.75, 3.05) is 0 Å². The summed E-state index contributed by atoms with van der Waals surface area (Å²) in [5.41, 5.74) is 26.5. The standard InChI is InChI=1S/C80H52N4/c1-5-17-53(18-6-1)59-21-15-23-61(47-59)65-41-45-77-71(51-65)69-49-63(39-43-75(69)83(77)67-25-9-3-10-26-67)55-31-35-57(36-32-55)79-80(82-74-30-14-13-29-73(74)81-79)58-37-33-56(34-38-58)64-40-44-76-70(50-64)72-52-66(42-46-78(72)84(76)68-27-11-4-12-28-68)62-24-16-22-60(48-62)54-19-7-2-8-20-54/h1-52H. The van der Waals surface area contributed by atoms with Crippen molar-refractivity contribution in [2.45, 2.75) is 0 Å². The maximum Gasteiger partial charge on any atom is 0.0973 e. The lowest BCUT2D eigenvalue weighted by Gasteiger charge is -2.12. The van der Waals surface area contributed by atoms with Gasteiger partial charge in [-0.05, 0) is 164 Å². The molecule has 0 fully saturated rings. The molecule has 16 aromatic rings. The Morgan fingerprint density at radius 1 is 0.179 bits per heavy atom. The highest BCUT2D eigenvalue weighted by Gasteiger charge is 2.19. The zero-order chi connectivity index (χ0) is 55.5. The third kappa shape index (κ3) is 8.64. The smallest absolute Gasteiger partial charge is 0.0973 e. The highest BCUT2D eigenvalue weighted by atomic mass is 15.0. The number of hydrogen-bond acceptors (Lipinski definition) is 2. The van der Waals surface area contributed by atoms with E-state index >= 15 is 0 Å². The first-order valence-corrected chi connectivity index (χ1v) is 28.7. The zero-order valence-corrected chi connectivity index (χ0v) is 45.8. The highest BCUT2D eigenvalue weighted by Crippen LogP contribution is 2.42. The van der Waals surface area contributed by atoms with Gasteiger partial charge < -0.3 is 9.13 Å². The van der Waals surface area contributed by atoms with Crippen LogP contribution in [-0.2, 0) is 0 Å². The van der Waals surface area contributed by atoms with Gasteiger partial charge in [-0.1, -0.05) is 218 Å². The lowest BCUT2D eigenvalue weighted by Crippen LogP contribution is -1.95. The third-order valence-electron chi connectivity index (χ3n) is 16.7. The second kappa shape index (κ2) is 20.4. The molecule has 13 aromatic carbocycles. The van der Waals surface area contributed by atoms with E-state index in [1.54, 1.807) is 0 Å². The minimum atomic E-state index is 0.846. The molecular formula is C80H52N4. The Kier molecular flexibility index (Phi) is 11.8. The summed E-state index contributed by atoms with van der Waals surface area (Å²) in [5, 5.41) is 4.83. The van der Waals surface area contributed by atoms with E-state index in [9.17, 15) is 0 Å². The van der Waals surface area contributed by atoms with Gasteiger partial charge in [0.1, 0.15) is 0 Å². The molecule has 0 saturated heterocycles. The Morgan fingerprint density at radius 2 is 0.417 bits per heavy atom. The van der Waals surface area contributed by atoms with E-state index in [4.69, 9.17) is 9.97 Å². The minimum Gasteiger partial charge on any atom is -0.309 e. The van der Waals surface area contributed by atoms with Crippen LogP contribution in [0.2, 0.25) is 0 Å². The summed E-state index contributed by atoms with van der Waals surface area (Å²) in [5.74, 6) is 0. The molecule has 0 amide bonds. The van der Waals surface area contributed by atoms with Gasteiger partial charge >= 0.3 is 0 Å². The number of fused-ring (bicyclic) bond motifs is 7. The van der Waals surface area contributed by atoms with Gasteiger partial charge in [0.2, 0.25) is 0 Å². The van der Waals surface area contributed by atoms with Gasteiger partial charge in [0.15, 0.2) is 0 Å². The molecule has 0 aliphatic rings. The summed E-state index contributed by atoms with van der Waals surface area (Å²) in [6.07, 6.45) is 0. The van der Waals surface area contributed by atoms with Crippen molar-refractivity contribution < 1.29 is 0 Å². The van der Waals surface area contributed by atoms with E-state index in [-0.39, 0.29) is 0 Å². The first-order valence-electron chi connectivity index (χ1n) is 28.7. The van der Waals surface area contributed by atoms with Crippen LogP contribution in [0.4, 0.5) is 0 Å². The Hall–Kier alpha value is -11.2. The monoisotopic (exact) mass is 1070 g/mol. The molecule has 0 radical (unpaired) electrons. The van der Waals surface area contributed by atoms with Gasteiger partial charge in [-0.2, -0.15) is 0 Å². The predicted octanol–water partition coefficient (Wildman–Crippen LogP) is 21.2. The van der Waals surface area contributed by atoms with Crippen LogP contribution in [-0.4, -0.2) is 19.1 Å². The first-order chi connectivity index (χ1) is 41.6. The molecule has 0 unspecified atom stereocenters. The van der Waals surface area contributed by atoms with Gasteiger partial charge in [-0.15, -0.1) is 0 Å². The molecule has 4 nitrogen and oxygen atoms in total. The molecule has 0 atom stereocenters. The Labute approximate surface area is 487 Å². The van der Waals surface area contributed by atoms with Gasteiger partial charge in [-0.3, -0.25) is 0 Å². The van der Waals surface area contributed by atoms with Crippen LogP contribution < -0.4 is 0 Å². The number of para-hydroxylation sites is 4. The van der Waals surface area contributed by atoms with E-state index in [1.807, 2.05) is 12.1 Å². The fraction of sp³-hybridized carbons (Fsp3) is 0. The van der Waals surface area contributed by atoms with Crippen molar-refractivity contribution in [3.8, 4) is 101 Å².